The Balaban J connectivity index is 1.83. The Hall–Kier alpha value is -1.85. The zero-order chi connectivity index (χ0) is 15.1. The normalized spacial score (nSPS) is 10.6. The van der Waals surface area contributed by atoms with Crippen molar-refractivity contribution in [1.82, 2.24) is 14.9 Å². The van der Waals surface area contributed by atoms with Crippen molar-refractivity contribution >= 4 is 23.2 Å². The van der Waals surface area contributed by atoms with Gasteiger partial charge in [-0.15, -0.1) is 0 Å². The van der Waals surface area contributed by atoms with Gasteiger partial charge in [0.25, 0.3) is 0 Å². The van der Waals surface area contributed by atoms with Gasteiger partial charge >= 0.3 is 0 Å². The van der Waals surface area contributed by atoms with Crippen LogP contribution in [0.4, 0.5) is 5.69 Å². The maximum Gasteiger partial charge on any atom is 0.244 e. The molecule has 1 amide bonds. The Morgan fingerprint density at radius 3 is 2.81 bits per heavy atom. The quantitative estimate of drug-likeness (QED) is 0.773. The molecule has 2 aromatic rings. The number of nitrogens with zero attached hydrogens (tertiary/aromatic N) is 2. The van der Waals surface area contributed by atoms with E-state index >= 15 is 0 Å². The minimum absolute atomic E-state index is 0.0946. The monoisotopic (exact) mass is 306 g/mol. The fraction of sp³-hybridized carbons (Fsp3) is 0.333. The van der Waals surface area contributed by atoms with Crippen LogP contribution >= 0.6 is 11.6 Å². The fourth-order valence-electron chi connectivity index (χ4n) is 1.88. The van der Waals surface area contributed by atoms with Gasteiger partial charge in [0, 0.05) is 23.5 Å². The average molecular weight is 307 g/mol. The summed E-state index contributed by atoms with van der Waals surface area (Å²) in [5, 5.41) is 6.74. The third-order valence-corrected chi connectivity index (χ3v) is 3.13. The summed E-state index contributed by atoms with van der Waals surface area (Å²) in [5.74, 6) is -0.0946. The van der Waals surface area contributed by atoms with Gasteiger partial charge in [-0.3, -0.25) is 4.79 Å². The maximum atomic E-state index is 11.9. The minimum atomic E-state index is -0.0946. The van der Waals surface area contributed by atoms with Crippen LogP contribution < -0.4 is 10.6 Å². The number of amides is 1. The van der Waals surface area contributed by atoms with Gasteiger partial charge in [0.2, 0.25) is 5.91 Å². The Kier molecular flexibility index (Phi) is 5.78. The van der Waals surface area contributed by atoms with Crippen molar-refractivity contribution in [1.29, 1.82) is 0 Å². The van der Waals surface area contributed by atoms with E-state index < -0.39 is 0 Å². The van der Waals surface area contributed by atoms with Gasteiger partial charge in [-0.05, 0) is 37.2 Å². The summed E-state index contributed by atoms with van der Waals surface area (Å²) < 4.78 is 1.77. The van der Waals surface area contributed by atoms with Crippen molar-refractivity contribution in [3.63, 3.8) is 0 Å². The van der Waals surface area contributed by atoms with Crippen molar-refractivity contribution in [2.45, 2.75) is 26.4 Å². The number of imidazole rings is 1. The van der Waals surface area contributed by atoms with Crippen LogP contribution in [-0.2, 0) is 17.9 Å². The van der Waals surface area contributed by atoms with E-state index in [0.717, 1.165) is 30.9 Å². The zero-order valence-corrected chi connectivity index (χ0v) is 12.7. The van der Waals surface area contributed by atoms with Crippen molar-refractivity contribution in [3.8, 4) is 0 Å². The van der Waals surface area contributed by atoms with Crippen LogP contribution in [-0.4, -0.2) is 22.0 Å². The third-order valence-electron chi connectivity index (χ3n) is 2.87. The number of carbonyl (C=O) groups excluding carboxylic acids is 1. The highest BCUT2D eigenvalue weighted by Gasteiger charge is 2.05. The van der Waals surface area contributed by atoms with Crippen molar-refractivity contribution < 1.29 is 4.79 Å². The lowest BCUT2D eigenvalue weighted by molar-refractivity contribution is -0.116. The summed E-state index contributed by atoms with van der Waals surface area (Å²) in [6.07, 6.45) is 4.64. The standard InChI is InChI=1S/C15H19ClN4O/c1-2-7-17-8-14-9-20(11-18-14)10-15(21)19-13-5-3-12(16)4-6-13/h3-6,9,11,17H,2,7-8,10H2,1H3,(H,19,21). The molecular weight excluding hydrogens is 288 g/mol. The number of nitrogens with one attached hydrogen (secondary N) is 2. The summed E-state index contributed by atoms with van der Waals surface area (Å²) in [7, 11) is 0. The van der Waals surface area contributed by atoms with Crippen LogP contribution in [0.5, 0.6) is 0 Å². The number of anilines is 1. The van der Waals surface area contributed by atoms with Crippen molar-refractivity contribution in [3.05, 3.63) is 47.5 Å². The number of benzene rings is 1. The summed E-state index contributed by atoms with van der Waals surface area (Å²) in [5.41, 5.74) is 1.66. The van der Waals surface area contributed by atoms with Gasteiger partial charge in [-0.25, -0.2) is 4.98 Å². The number of hydrogen-bond donors (Lipinski definition) is 2. The van der Waals surface area contributed by atoms with E-state index in [2.05, 4.69) is 22.5 Å². The SMILES string of the molecule is CCCNCc1cn(CC(=O)Nc2ccc(Cl)cc2)cn1. The molecule has 1 heterocycles. The maximum absolute atomic E-state index is 11.9. The van der Waals surface area contributed by atoms with Crippen molar-refractivity contribution in [2.24, 2.45) is 0 Å². The Bertz CT molecular complexity index is 580. The van der Waals surface area contributed by atoms with Crippen LogP contribution in [0, 0.1) is 0 Å². The largest absolute Gasteiger partial charge is 0.328 e. The second-order valence-electron chi connectivity index (χ2n) is 4.77. The van der Waals surface area contributed by atoms with E-state index in [1.54, 1.807) is 35.2 Å². The second-order valence-corrected chi connectivity index (χ2v) is 5.21. The highest BCUT2D eigenvalue weighted by molar-refractivity contribution is 6.30. The Morgan fingerprint density at radius 2 is 2.10 bits per heavy atom. The number of aromatic nitrogens is 2. The molecule has 0 aliphatic rings. The molecule has 1 aromatic heterocycles. The number of hydrogen-bond acceptors (Lipinski definition) is 3. The molecule has 0 fully saturated rings. The molecule has 0 bridgehead atoms. The molecule has 2 N–H and O–H groups in total. The lowest BCUT2D eigenvalue weighted by Crippen LogP contribution is -2.18. The van der Waals surface area contributed by atoms with Gasteiger partial charge in [0.05, 0.1) is 12.0 Å². The molecule has 0 aliphatic heterocycles. The summed E-state index contributed by atoms with van der Waals surface area (Å²) >= 11 is 5.80. The summed E-state index contributed by atoms with van der Waals surface area (Å²) in [4.78, 5) is 16.2. The molecular formula is C15H19ClN4O. The molecule has 6 heteroatoms. The Labute approximate surface area is 129 Å². The van der Waals surface area contributed by atoms with E-state index in [1.807, 2.05) is 6.20 Å². The van der Waals surface area contributed by atoms with E-state index in [1.165, 1.54) is 0 Å². The van der Waals surface area contributed by atoms with Crippen LogP contribution in [0.25, 0.3) is 0 Å². The summed E-state index contributed by atoms with van der Waals surface area (Å²) in [6.45, 7) is 4.04. The lowest BCUT2D eigenvalue weighted by Gasteiger charge is -2.05. The molecule has 2 rings (SSSR count). The molecule has 0 saturated carbocycles. The predicted molar refractivity (Wildman–Crippen MR) is 84.3 cm³/mol. The zero-order valence-electron chi connectivity index (χ0n) is 12.0. The molecule has 0 saturated heterocycles. The van der Waals surface area contributed by atoms with E-state index in [0.29, 0.717) is 5.02 Å². The first kappa shape index (κ1) is 15.5. The van der Waals surface area contributed by atoms with Crippen LogP contribution in [0.2, 0.25) is 5.02 Å². The Morgan fingerprint density at radius 1 is 1.33 bits per heavy atom. The lowest BCUT2D eigenvalue weighted by atomic mass is 10.3. The van der Waals surface area contributed by atoms with Crippen LogP contribution in [0.1, 0.15) is 19.0 Å². The molecule has 0 unspecified atom stereocenters. The van der Waals surface area contributed by atoms with Gasteiger partial charge in [-0.1, -0.05) is 18.5 Å². The molecule has 0 radical (unpaired) electrons. The van der Waals surface area contributed by atoms with E-state index in [-0.39, 0.29) is 12.5 Å². The summed E-state index contributed by atoms with van der Waals surface area (Å²) in [6, 6.07) is 7.03. The van der Waals surface area contributed by atoms with Gasteiger partial charge in [0.1, 0.15) is 6.54 Å². The van der Waals surface area contributed by atoms with Crippen LogP contribution in [0.15, 0.2) is 36.8 Å². The molecule has 1 aromatic carbocycles. The van der Waals surface area contributed by atoms with Gasteiger partial charge in [0.15, 0.2) is 0 Å². The average Bonchev–Trinajstić information content (AvgIpc) is 2.89. The highest BCUT2D eigenvalue weighted by atomic mass is 35.5. The first-order valence-corrected chi connectivity index (χ1v) is 7.32. The molecule has 0 aliphatic carbocycles. The second kappa shape index (κ2) is 7.81. The number of rotatable bonds is 7. The third kappa shape index (κ3) is 5.21. The fourth-order valence-corrected chi connectivity index (χ4v) is 2.00. The first-order valence-electron chi connectivity index (χ1n) is 6.94. The van der Waals surface area contributed by atoms with Crippen LogP contribution in [0.3, 0.4) is 0 Å². The molecule has 112 valence electrons. The first-order chi connectivity index (χ1) is 10.2. The molecule has 0 spiro atoms. The predicted octanol–water partition coefficient (Wildman–Crippen LogP) is 2.67. The highest BCUT2D eigenvalue weighted by Crippen LogP contribution is 2.13. The number of carbonyl (C=O) groups is 1. The molecule has 0 atom stereocenters. The van der Waals surface area contributed by atoms with Crippen molar-refractivity contribution in [2.75, 3.05) is 11.9 Å². The van der Waals surface area contributed by atoms with E-state index in [9.17, 15) is 4.79 Å². The van der Waals surface area contributed by atoms with E-state index in [4.69, 9.17) is 11.6 Å². The minimum Gasteiger partial charge on any atom is -0.328 e. The van der Waals surface area contributed by atoms with Gasteiger partial charge in [-0.2, -0.15) is 0 Å². The topological polar surface area (TPSA) is 59.0 Å². The number of halogens is 1. The molecule has 21 heavy (non-hydrogen) atoms. The smallest absolute Gasteiger partial charge is 0.244 e. The molecule has 5 nitrogen and oxygen atoms in total. The van der Waals surface area contributed by atoms with Gasteiger partial charge < -0.3 is 15.2 Å².